The molecule has 21 heavy (non-hydrogen) atoms. The van der Waals surface area contributed by atoms with E-state index in [0.29, 0.717) is 10.0 Å². The van der Waals surface area contributed by atoms with Crippen molar-refractivity contribution in [2.45, 2.75) is 19.9 Å². The number of hydrogen-bond acceptors (Lipinski definition) is 2. The highest BCUT2D eigenvalue weighted by atomic mass is 35.5. The number of nitrogens with one attached hydrogen (secondary N) is 1. The fourth-order valence-corrected chi connectivity index (χ4v) is 3.31. The molecule has 2 rings (SSSR count). The number of aryl methyl sites for hydroxylation is 2. The van der Waals surface area contributed by atoms with Crippen LogP contribution in [0, 0.1) is 13.8 Å². The summed E-state index contributed by atoms with van der Waals surface area (Å²) in [5.41, 5.74) is 4.23. The van der Waals surface area contributed by atoms with E-state index in [1.807, 2.05) is 31.3 Å². The van der Waals surface area contributed by atoms with Crippen molar-refractivity contribution in [3.05, 3.63) is 62.6 Å². The first-order chi connectivity index (χ1) is 9.99. The molecule has 2 aromatic rings. The van der Waals surface area contributed by atoms with E-state index in [4.69, 9.17) is 27.9 Å². The number of ether oxygens (including phenoxy) is 1. The maximum Gasteiger partial charge on any atom is 0.124 e. The highest BCUT2D eigenvalue weighted by Crippen LogP contribution is 2.39. The molecule has 0 aromatic heterocycles. The van der Waals surface area contributed by atoms with Crippen LogP contribution in [0.2, 0.25) is 10.0 Å². The van der Waals surface area contributed by atoms with Crippen LogP contribution < -0.4 is 10.1 Å². The van der Waals surface area contributed by atoms with Crippen LogP contribution in [0.5, 0.6) is 5.75 Å². The topological polar surface area (TPSA) is 21.3 Å². The van der Waals surface area contributed by atoms with Crippen molar-refractivity contribution in [1.82, 2.24) is 5.32 Å². The summed E-state index contributed by atoms with van der Waals surface area (Å²) >= 11 is 12.7. The first kappa shape index (κ1) is 16.2. The standard InChI is InChI=1S/C17H19Cl2NO/c1-10-8-11(2)15(14(9-10)21-4)17(20-3)16-12(18)6-5-7-13(16)19/h5-9,17,20H,1-4H3. The molecule has 0 bridgehead atoms. The summed E-state index contributed by atoms with van der Waals surface area (Å²) in [6.07, 6.45) is 0. The molecule has 2 aromatic carbocycles. The van der Waals surface area contributed by atoms with E-state index in [1.54, 1.807) is 7.11 Å². The van der Waals surface area contributed by atoms with Gasteiger partial charge in [0.25, 0.3) is 0 Å². The molecule has 0 aliphatic rings. The van der Waals surface area contributed by atoms with Gasteiger partial charge in [-0.3, -0.25) is 0 Å². The van der Waals surface area contributed by atoms with Gasteiger partial charge < -0.3 is 10.1 Å². The van der Waals surface area contributed by atoms with E-state index in [1.165, 1.54) is 0 Å². The second-order valence-corrected chi connectivity index (χ2v) is 5.87. The molecule has 1 atom stereocenters. The molecule has 1 unspecified atom stereocenters. The van der Waals surface area contributed by atoms with Crippen LogP contribution in [-0.4, -0.2) is 14.2 Å². The Morgan fingerprint density at radius 1 is 1.05 bits per heavy atom. The van der Waals surface area contributed by atoms with Gasteiger partial charge in [-0.25, -0.2) is 0 Å². The molecule has 0 aliphatic heterocycles. The lowest BCUT2D eigenvalue weighted by Crippen LogP contribution is -2.20. The van der Waals surface area contributed by atoms with Gasteiger partial charge in [0.2, 0.25) is 0 Å². The van der Waals surface area contributed by atoms with Crippen LogP contribution in [0.1, 0.15) is 28.3 Å². The predicted molar refractivity (Wildman–Crippen MR) is 89.8 cm³/mol. The van der Waals surface area contributed by atoms with Crippen LogP contribution in [0.4, 0.5) is 0 Å². The fourth-order valence-electron chi connectivity index (χ4n) is 2.70. The Balaban J connectivity index is 2.68. The summed E-state index contributed by atoms with van der Waals surface area (Å²) < 4.78 is 5.56. The zero-order chi connectivity index (χ0) is 15.6. The zero-order valence-corrected chi connectivity index (χ0v) is 14.1. The Hall–Kier alpha value is -1.22. The molecule has 112 valence electrons. The van der Waals surface area contributed by atoms with Gasteiger partial charge in [-0.1, -0.05) is 35.3 Å². The Morgan fingerprint density at radius 2 is 1.67 bits per heavy atom. The highest BCUT2D eigenvalue weighted by molar-refractivity contribution is 6.36. The van der Waals surface area contributed by atoms with Crippen LogP contribution in [0.3, 0.4) is 0 Å². The Labute approximate surface area is 136 Å². The average molecular weight is 324 g/mol. The van der Waals surface area contributed by atoms with E-state index in [-0.39, 0.29) is 6.04 Å². The van der Waals surface area contributed by atoms with Crippen molar-refractivity contribution >= 4 is 23.2 Å². The van der Waals surface area contributed by atoms with Crippen molar-refractivity contribution in [2.24, 2.45) is 0 Å². The third-order valence-corrected chi connectivity index (χ3v) is 4.24. The third kappa shape index (κ3) is 3.18. The van der Waals surface area contributed by atoms with E-state index >= 15 is 0 Å². The van der Waals surface area contributed by atoms with E-state index < -0.39 is 0 Å². The predicted octanol–water partition coefficient (Wildman–Crippen LogP) is 4.93. The van der Waals surface area contributed by atoms with Crippen molar-refractivity contribution in [3.63, 3.8) is 0 Å². The first-order valence-corrected chi connectivity index (χ1v) is 7.51. The lowest BCUT2D eigenvalue weighted by atomic mass is 9.92. The van der Waals surface area contributed by atoms with Crippen molar-refractivity contribution < 1.29 is 4.74 Å². The van der Waals surface area contributed by atoms with Crippen molar-refractivity contribution in [3.8, 4) is 5.75 Å². The molecule has 0 aliphatic carbocycles. The molecule has 0 saturated heterocycles. The van der Waals surface area contributed by atoms with Gasteiger partial charge in [-0.2, -0.15) is 0 Å². The van der Waals surface area contributed by atoms with Gasteiger partial charge >= 0.3 is 0 Å². The minimum Gasteiger partial charge on any atom is -0.496 e. The normalized spacial score (nSPS) is 12.3. The Bertz CT molecular complexity index is 635. The molecular formula is C17H19Cl2NO. The highest BCUT2D eigenvalue weighted by Gasteiger charge is 2.23. The average Bonchev–Trinajstić information content (AvgIpc) is 2.43. The Kier molecular flexibility index (Phi) is 5.15. The maximum absolute atomic E-state index is 6.37. The minimum atomic E-state index is -0.123. The van der Waals surface area contributed by atoms with Gasteiger partial charge in [0.15, 0.2) is 0 Å². The van der Waals surface area contributed by atoms with Gasteiger partial charge in [0.1, 0.15) is 5.75 Å². The minimum absolute atomic E-state index is 0.123. The molecule has 0 spiro atoms. The van der Waals surface area contributed by atoms with Crippen molar-refractivity contribution in [2.75, 3.05) is 14.2 Å². The van der Waals surface area contributed by atoms with Gasteiger partial charge in [0, 0.05) is 21.2 Å². The molecule has 0 amide bonds. The quantitative estimate of drug-likeness (QED) is 0.861. The second kappa shape index (κ2) is 6.69. The van der Waals surface area contributed by atoms with Crippen LogP contribution >= 0.6 is 23.2 Å². The summed E-state index contributed by atoms with van der Waals surface area (Å²) in [6.45, 7) is 4.12. The lowest BCUT2D eigenvalue weighted by Gasteiger charge is -2.24. The molecule has 0 radical (unpaired) electrons. The summed E-state index contributed by atoms with van der Waals surface area (Å²) in [7, 11) is 3.57. The summed E-state index contributed by atoms with van der Waals surface area (Å²) in [5, 5.41) is 4.59. The summed E-state index contributed by atoms with van der Waals surface area (Å²) in [4.78, 5) is 0. The zero-order valence-electron chi connectivity index (χ0n) is 12.6. The number of halogens is 2. The van der Waals surface area contributed by atoms with Crippen LogP contribution in [-0.2, 0) is 0 Å². The molecule has 4 heteroatoms. The molecular weight excluding hydrogens is 305 g/mol. The number of hydrogen-bond donors (Lipinski definition) is 1. The monoisotopic (exact) mass is 323 g/mol. The van der Waals surface area contributed by atoms with Gasteiger partial charge in [-0.15, -0.1) is 0 Å². The molecule has 0 fully saturated rings. The third-order valence-electron chi connectivity index (χ3n) is 3.58. The lowest BCUT2D eigenvalue weighted by molar-refractivity contribution is 0.404. The first-order valence-electron chi connectivity index (χ1n) is 6.76. The SMILES string of the molecule is CNC(c1c(Cl)cccc1Cl)c1c(C)cc(C)cc1OC. The van der Waals surface area contributed by atoms with E-state index in [2.05, 4.69) is 25.2 Å². The van der Waals surface area contributed by atoms with E-state index in [0.717, 1.165) is 28.0 Å². The van der Waals surface area contributed by atoms with Gasteiger partial charge in [0.05, 0.1) is 13.2 Å². The van der Waals surface area contributed by atoms with Gasteiger partial charge in [-0.05, 0) is 50.2 Å². The number of methoxy groups -OCH3 is 1. The van der Waals surface area contributed by atoms with Crippen molar-refractivity contribution in [1.29, 1.82) is 0 Å². The summed E-state index contributed by atoms with van der Waals surface area (Å²) in [5.74, 6) is 0.836. The molecule has 0 heterocycles. The second-order valence-electron chi connectivity index (χ2n) is 5.05. The fraction of sp³-hybridized carbons (Fsp3) is 0.294. The molecule has 2 nitrogen and oxygen atoms in total. The number of rotatable bonds is 4. The van der Waals surface area contributed by atoms with Crippen LogP contribution in [0.25, 0.3) is 0 Å². The Morgan fingerprint density at radius 3 is 2.19 bits per heavy atom. The largest absolute Gasteiger partial charge is 0.496 e. The number of benzene rings is 2. The summed E-state index contributed by atoms with van der Waals surface area (Å²) in [6, 6.07) is 9.58. The van der Waals surface area contributed by atoms with Crippen LogP contribution in [0.15, 0.2) is 30.3 Å². The molecule has 0 saturated carbocycles. The van der Waals surface area contributed by atoms with E-state index in [9.17, 15) is 0 Å². The maximum atomic E-state index is 6.37. The molecule has 1 N–H and O–H groups in total. The smallest absolute Gasteiger partial charge is 0.124 e.